The molecule has 0 aliphatic heterocycles. The highest BCUT2D eigenvalue weighted by atomic mass is 16.5. The Balaban J connectivity index is 1.34. The zero-order valence-electron chi connectivity index (χ0n) is 17.1. The van der Waals surface area contributed by atoms with Crippen molar-refractivity contribution >= 4 is 12.1 Å². The molecule has 0 bridgehead atoms. The standard InChI is InChI=1S/C24H28N2O3/c1-24-13-7-6-10-19(24)22(24)23(27)26-25-15-18-11-12-20(21(14-18)28-2)29-16-17-8-4-3-5-9-17/h3-5,8-9,11-12,14-15,19,22H,6-7,10,13,16H2,1-2H3,(H,26,27)/b25-15+/t19-,22+,24+/m1/s1. The Morgan fingerprint density at radius 1 is 1.21 bits per heavy atom. The van der Waals surface area contributed by atoms with Crippen LogP contribution in [0.15, 0.2) is 53.6 Å². The predicted molar refractivity (Wildman–Crippen MR) is 113 cm³/mol. The van der Waals surface area contributed by atoms with Crippen LogP contribution in [0.5, 0.6) is 11.5 Å². The Bertz CT molecular complexity index is 896. The molecule has 0 saturated heterocycles. The van der Waals surface area contributed by atoms with E-state index in [9.17, 15) is 4.79 Å². The average molecular weight is 392 g/mol. The molecule has 5 heteroatoms. The van der Waals surface area contributed by atoms with E-state index in [1.807, 2.05) is 48.5 Å². The van der Waals surface area contributed by atoms with Crippen LogP contribution in [0.25, 0.3) is 0 Å². The smallest absolute Gasteiger partial charge is 0.244 e. The number of hydrogen-bond donors (Lipinski definition) is 1. The number of hydrazone groups is 1. The zero-order valence-corrected chi connectivity index (χ0v) is 17.1. The zero-order chi connectivity index (χ0) is 20.3. The lowest BCUT2D eigenvalue weighted by Gasteiger charge is -2.15. The third kappa shape index (κ3) is 4.14. The molecule has 1 amide bonds. The van der Waals surface area contributed by atoms with Gasteiger partial charge in [0.25, 0.3) is 0 Å². The van der Waals surface area contributed by atoms with Gasteiger partial charge < -0.3 is 9.47 Å². The summed E-state index contributed by atoms with van der Waals surface area (Å²) >= 11 is 0. The summed E-state index contributed by atoms with van der Waals surface area (Å²) in [6.07, 6.45) is 6.45. The van der Waals surface area contributed by atoms with Crippen LogP contribution in [0.3, 0.4) is 0 Å². The number of carbonyl (C=O) groups excluding carboxylic acids is 1. The molecule has 4 rings (SSSR count). The third-order valence-electron chi connectivity index (χ3n) is 6.43. The van der Waals surface area contributed by atoms with E-state index in [2.05, 4.69) is 17.5 Å². The van der Waals surface area contributed by atoms with E-state index in [0.717, 1.165) is 17.5 Å². The highest BCUT2D eigenvalue weighted by molar-refractivity contribution is 5.86. The second-order valence-corrected chi connectivity index (χ2v) is 8.25. The summed E-state index contributed by atoms with van der Waals surface area (Å²) in [6.45, 7) is 2.71. The number of methoxy groups -OCH3 is 1. The van der Waals surface area contributed by atoms with E-state index in [4.69, 9.17) is 9.47 Å². The number of nitrogens with zero attached hydrogens (tertiary/aromatic N) is 1. The van der Waals surface area contributed by atoms with Gasteiger partial charge in [-0.25, -0.2) is 5.43 Å². The van der Waals surface area contributed by atoms with Crippen molar-refractivity contribution in [3.63, 3.8) is 0 Å². The van der Waals surface area contributed by atoms with Gasteiger partial charge in [-0.3, -0.25) is 4.79 Å². The molecule has 0 aromatic heterocycles. The Kier molecular flexibility index (Phi) is 5.56. The average Bonchev–Trinajstić information content (AvgIpc) is 3.38. The van der Waals surface area contributed by atoms with Gasteiger partial charge in [0.2, 0.25) is 5.91 Å². The first kappa shape index (κ1) is 19.5. The summed E-state index contributed by atoms with van der Waals surface area (Å²) in [5.74, 6) is 2.01. The topological polar surface area (TPSA) is 59.9 Å². The molecule has 5 nitrogen and oxygen atoms in total. The van der Waals surface area contributed by atoms with Crippen LogP contribution in [0.1, 0.15) is 43.7 Å². The molecule has 3 atom stereocenters. The lowest BCUT2D eigenvalue weighted by molar-refractivity contribution is -0.123. The van der Waals surface area contributed by atoms with Crippen molar-refractivity contribution in [1.29, 1.82) is 0 Å². The maximum absolute atomic E-state index is 12.5. The molecule has 2 saturated carbocycles. The van der Waals surface area contributed by atoms with Crippen LogP contribution in [-0.2, 0) is 11.4 Å². The summed E-state index contributed by atoms with van der Waals surface area (Å²) in [4.78, 5) is 12.5. The Morgan fingerprint density at radius 3 is 2.76 bits per heavy atom. The number of benzene rings is 2. The number of amides is 1. The fourth-order valence-corrected chi connectivity index (χ4v) is 4.71. The van der Waals surface area contributed by atoms with E-state index in [1.54, 1.807) is 13.3 Å². The lowest BCUT2D eigenvalue weighted by Crippen LogP contribution is -2.22. The van der Waals surface area contributed by atoms with Gasteiger partial charge in [-0.05, 0) is 53.5 Å². The minimum atomic E-state index is 0.0467. The number of hydrogen-bond acceptors (Lipinski definition) is 4. The third-order valence-corrected chi connectivity index (χ3v) is 6.43. The largest absolute Gasteiger partial charge is 0.493 e. The molecule has 2 fully saturated rings. The molecule has 29 heavy (non-hydrogen) atoms. The molecule has 2 aliphatic carbocycles. The molecule has 0 radical (unpaired) electrons. The van der Waals surface area contributed by atoms with Crippen LogP contribution in [0, 0.1) is 17.3 Å². The van der Waals surface area contributed by atoms with Crippen LogP contribution in [0.2, 0.25) is 0 Å². The van der Waals surface area contributed by atoms with Crippen molar-refractivity contribution in [3.05, 3.63) is 59.7 Å². The number of nitrogens with one attached hydrogen (secondary N) is 1. The summed E-state index contributed by atoms with van der Waals surface area (Å²) in [5, 5.41) is 4.17. The molecular weight excluding hydrogens is 364 g/mol. The van der Waals surface area contributed by atoms with Crippen molar-refractivity contribution in [3.8, 4) is 11.5 Å². The van der Waals surface area contributed by atoms with Gasteiger partial charge in [-0.15, -0.1) is 0 Å². The molecular formula is C24H28N2O3. The highest BCUT2D eigenvalue weighted by Gasteiger charge is 2.64. The second kappa shape index (κ2) is 8.27. The Morgan fingerprint density at radius 2 is 2.03 bits per heavy atom. The lowest BCUT2D eigenvalue weighted by atomic mass is 9.90. The molecule has 152 valence electrons. The molecule has 0 spiro atoms. The number of ether oxygens (including phenoxy) is 2. The Labute approximate surface area is 172 Å². The fraction of sp³-hybridized carbons (Fsp3) is 0.417. The first-order chi connectivity index (χ1) is 14.1. The Hall–Kier alpha value is -2.82. The SMILES string of the molecule is COc1cc(/C=N/NC(=O)[C@@H]2[C@H]3CCCC[C@@]32C)ccc1OCc1ccccc1. The van der Waals surface area contributed by atoms with E-state index >= 15 is 0 Å². The summed E-state index contributed by atoms with van der Waals surface area (Å²) in [7, 11) is 1.61. The summed E-state index contributed by atoms with van der Waals surface area (Å²) in [5.41, 5.74) is 4.86. The van der Waals surface area contributed by atoms with E-state index < -0.39 is 0 Å². The van der Waals surface area contributed by atoms with E-state index in [0.29, 0.717) is 24.0 Å². The van der Waals surface area contributed by atoms with Crippen LogP contribution < -0.4 is 14.9 Å². The molecule has 1 N–H and O–H groups in total. The van der Waals surface area contributed by atoms with Crippen LogP contribution in [0.4, 0.5) is 0 Å². The molecule has 2 aromatic carbocycles. The maximum atomic E-state index is 12.5. The van der Waals surface area contributed by atoms with Crippen LogP contribution in [-0.4, -0.2) is 19.2 Å². The molecule has 2 aliphatic rings. The summed E-state index contributed by atoms with van der Waals surface area (Å²) in [6, 6.07) is 15.6. The van der Waals surface area contributed by atoms with Gasteiger partial charge in [-0.1, -0.05) is 50.1 Å². The first-order valence-corrected chi connectivity index (χ1v) is 10.3. The highest BCUT2D eigenvalue weighted by Crippen LogP contribution is 2.66. The maximum Gasteiger partial charge on any atom is 0.244 e. The van der Waals surface area contributed by atoms with Gasteiger partial charge >= 0.3 is 0 Å². The van der Waals surface area contributed by atoms with Gasteiger partial charge in [0.15, 0.2) is 11.5 Å². The van der Waals surface area contributed by atoms with Gasteiger partial charge in [0.05, 0.1) is 13.3 Å². The van der Waals surface area contributed by atoms with Crippen molar-refractivity contribution in [2.24, 2.45) is 22.4 Å². The molecule has 0 heterocycles. The predicted octanol–water partition coefficient (Wildman–Crippen LogP) is 4.55. The number of fused-ring (bicyclic) bond motifs is 1. The van der Waals surface area contributed by atoms with Crippen molar-refractivity contribution in [1.82, 2.24) is 5.43 Å². The van der Waals surface area contributed by atoms with Crippen molar-refractivity contribution in [2.75, 3.05) is 7.11 Å². The number of rotatable bonds is 7. The van der Waals surface area contributed by atoms with Crippen molar-refractivity contribution in [2.45, 2.75) is 39.2 Å². The number of carbonyl (C=O) groups is 1. The van der Waals surface area contributed by atoms with Gasteiger partial charge in [0.1, 0.15) is 6.61 Å². The molecule has 0 unspecified atom stereocenters. The first-order valence-electron chi connectivity index (χ1n) is 10.3. The van der Waals surface area contributed by atoms with Crippen LogP contribution >= 0.6 is 0 Å². The van der Waals surface area contributed by atoms with E-state index in [1.165, 1.54) is 19.3 Å². The monoisotopic (exact) mass is 392 g/mol. The second-order valence-electron chi connectivity index (χ2n) is 8.25. The van der Waals surface area contributed by atoms with Crippen molar-refractivity contribution < 1.29 is 14.3 Å². The van der Waals surface area contributed by atoms with Gasteiger partial charge in [0, 0.05) is 5.92 Å². The van der Waals surface area contributed by atoms with Gasteiger partial charge in [-0.2, -0.15) is 5.10 Å². The quantitative estimate of drug-likeness (QED) is 0.555. The summed E-state index contributed by atoms with van der Waals surface area (Å²) < 4.78 is 11.3. The normalized spacial score (nSPS) is 25.3. The minimum absolute atomic E-state index is 0.0467. The molecule has 2 aromatic rings. The van der Waals surface area contributed by atoms with E-state index in [-0.39, 0.29) is 17.2 Å². The minimum Gasteiger partial charge on any atom is -0.493 e. The fourth-order valence-electron chi connectivity index (χ4n) is 4.71.